The number of rotatable bonds is 4. The monoisotopic (exact) mass is 559 g/mol. The van der Waals surface area contributed by atoms with Crippen LogP contribution in [0.4, 0.5) is 5.69 Å². The average molecular weight is 561 g/mol. The number of anilines is 1. The van der Waals surface area contributed by atoms with E-state index in [4.69, 9.17) is 46.4 Å². The largest absolute Gasteiger partial charge is 0.307 e. The summed E-state index contributed by atoms with van der Waals surface area (Å²) in [7, 11) is 0. The van der Waals surface area contributed by atoms with E-state index in [0.29, 0.717) is 32.3 Å². The highest BCUT2D eigenvalue weighted by Crippen LogP contribution is 2.48. The zero-order valence-corrected chi connectivity index (χ0v) is 22.8. The zero-order chi connectivity index (χ0) is 25.4. The molecule has 1 amide bonds. The number of amides is 1. The first-order chi connectivity index (χ1) is 17.2. The maximum Gasteiger partial charge on any atom is 0.258 e. The molecule has 1 fully saturated rings. The van der Waals surface area contributed by atoms with Gasteiger partial charge in [0, 0.05) is 50.5 Å². The number of halogens is 4. The second-order valence-electron chi connectivity index (χ2n) is 9.52. The number of hydrogen-bond donors (Lipinski definition) is 0. The molecule has 0 aliphatic carbocycles. The number of hydrogen-bond acceptors (Lipinski definition) is 3. The van der Waals surface area contributed by atoms with Crippen molar-refractivity contribution in [2.45, 2.75) is 25.2 Å². The predicted molar refractivity (Wildman–Crippen MR) is 150 cm³/mol. The second kappa shape index (κ2) is 10.4. The minimum absolute atomic E-state index is 0.0620. The van der Waals surface area contributed by atoms with Gasteiger partial charge in [0.2, 0.25) is 0 Å². The fourth-order valence-electron chi connectivity index (χ4n) is 5.29. The minimum atomic E-state index is -0.124. The molecule has 8 heteroatoms. The van der Waals surface area contributed by atoms with Crippen LogP contribution in [0.2, 0.25) is 20.2 Å². The number of benzene rings is 2. The third-order valence-electron chi connectivity index (χ3n) is 7.13. The Bertz CT molecular complexity index is 1330. The first-order valence-electron chi connectivity index (χ1n) is 11.8. The van der Waals surface area contributed by atoms with Gasteiger partial charge in [0.05, 0.1) is 0 Å². The topological polar surface area (TPSA) is 36.4 Å². The standard InChI is InChI=1S/C28H25Cl4N3O/c1-18-13-20(14-26(32)33-18)27(36)35-17-28(23-15-21(29)6-7-25(23)35)8-11-34(12-9-28)10-2-3-19-4-5-22(30)16-24(19)31/h2-7,13-16H,8-12,17H2,1H3. The summed E-state index contributed by atoms with van der Waals surface area (Å²) in [5.74, 6) is -0.0620. The lowest BCUT2D eigenvalue weighted by Crippen LogP contribution is -2.46. The summed E-state index contributed by atoms with van der Waals surface area (Å²) in [6, 6.07) is 14.8. The van der Waals surface area contributed by atoms with E-state index < -0.39 is 0 Å². The summed E-state index contributed by atoms with van der Waals surface area (Å²) in [5, 5.41) is 2.29. The lowest BCUT2D eigenvalue weighted by molar-refractivity contribution is 0.0977. The SMILES string of the molecule is Cc1cc(C(=O)N2CC3(CCN(CC=Cc4ccc(Cl)cc4Cl)CC3)c3cc(Cl)ccc32)cc(Cl)n1. The van der Waals surface area contributed by atoms with Gasteiger partial charge in [0.15, 0.2) is 0 Å². The van der Waals surface area contributed by atoms with E-state index in [0.717, 1.165) is 55.0 Å². The van der Waals surface area contributed by atoms with Gasteiger partial charge in [-0.2, -0.15) is 0 Å². The molecule has 2 aliphatic heterocycles. The molecule has 0 bridgehead atoms. The molecule has 36 heavy (non-hydrogen) atoms. The summed E-state index contributed by atoms with van der Waals surface area (Å²) in [4.78, 5) is 22.1. The van der Waals surface area contributed by atoms with Gasteiger partial charge in [-0.3, -0.25) is 9.69 Å². The van der Waals surface area contributed by atoms with Crippen molar-refractivity contribution in [3.05, 3.63) is 97.2 Å². The van der Waals surface area contributed by atoms with Crippen molar-refractivity contribution in [2.75, 3.05) is 31.1 Å². The summed E-state index contributed by atoms with van der Waals surface area (Å²) in [5.41, 5.74) is 4.19. The van der Waals surface area contributed by atoms with Gasteiger partial charge in [-0.25, -0.2) is 4.98 Å². The van der Waals surface area contributed by atoms with Crippen molar-refractivity contribution < 1.29 is 4.79 Å². The number of piperidine rings is 1. The molecule has 4 nitrogen and oxygen atoms in total. The van der Waals surface area contributed by atoms with Crippen LogP contribution >= 0.6 is 46.4 Å². The lowest BCUT2D eigenvalue weighted by atomic mass is 9.74. The predicted octanol–water partition coefficient (Wildman–Crippen LogP) is 7.71. The van der Waals surface area contributed by atoms with Crippen LogP contribution in [0.25, 0.3) is 6.08 Å². The number of pyridine rings is 1. The van der Waals surface area contributed by atoms with Crippen LogP contribution in [0.15, 0.2) is 54.6 Å². The van der Waals surface area contributed by atoms with E-state index in [2.05, 4.69) is 16.0 Å². The van der Waals surface area contributed by atoms with Crippen molar-refractivity contribution in [1.29, 1.82) is 0 Å². The molecular weight excluding hydrogens is 536 g/mol. The molecule has 5 rings (SSSR count). The molecule has 0 saturated carbocycles. The van der Waals surface area contributed by atoms with Gasteiger partial charge in [-0.15, -0.1) is 0 Å². The van der Waals surface area contributed by atoms with E-state index in [-0.39, 0.29) is 11.3 Å². The van der Waals surface area contributed by atoms with E-state index in [9.17, 15) is 4.79 Å². The highest BCUT2D eigenvalue weighted by atomic mass is 35.5. The van der Waals surface area contributed by atoms with Gasteiger partial charge in [0.25, 0.3) is 5.91 Å². The van der Waals surface area contributed by atoms with Crippen molar-refractivity contribution >= 4 is 64.1 Å². The van der Waals surface area contributed by atoms with Crippen LogP contribution in [0.5, 0.6) is 0 Å². The molecule has 1 aromatic heterocycles. The highest BCUT2D eigenvalue weighted by molar-refractivity contribution is 6.35. The van der Waals surface area contributed by atoms with Gasteiger partial charge >= 0.3 is 0 Å². The first kappa shape index (κ1) is 25.6. The fraction of sp³-hybridized carbons (Fsp3) is 0.286. The Morgan fingerprint density at radius 2 is 1.72 bits per heavy atom. The van der Waals surface area contributed by atoms with Gasteiger partial charge in [0.1, 0.15) is 5.15 Å². The highest BCUT2D eigenvalue weighted by Gasteiger charge is 2.46. The van der Waals surface area contributed by atoms with Crippen LogP contribution in [0.3, 0.4) is 0 Å². The number of aromatic nitrogens is 1. The Labute approximate surface area is 231 Å². The van der Waals surface area contributed by atoms with Crippen LogP contribution in [0, 0.1) is 6.92 Å². The molecule has 3 aromatic rings. The average Bonchev–Trinajstić information content (AvgIpc) is 3.14. The van der Waals surface area contributed by atoms with E-state index in [1.807, 2.05) is 48.2 Å². The molecule has 1 saturated heterocycles. The Kier molecular flexibility index (Phi) is 7.35. The third kappa shape index (κ3) is 5.16. The fourth-order valence-corrected chi connectivity index (χ4v) is 6.18. The molecular formula is C28H25Cl4N3O. The smallest absolute Gasteiger partial charge is 0.258 e. The van der Waals surface area contributed by atoms with Crippen molar-refractivity contribution in [2.24, 2.45) is 0 Å². The normalized spacial score (nSPS) is 17.2. The summed E-state index contributed by atoms with van der Waals surface area (Å²) >= 11 is 24.9. The van der Waals surface area contributed by atoms with Crippen molar-refractivity contribution in [3.63, 3.8) is 0 Å². The quantitative estimate of drug-likeness (QED) is 0.306. The van der Waals surface area contributed by atoms with E-state index >= 15 is 0 Å². The summed E-state index contributed by atoms with van der Waals surface area (Å²) < 4.78 is 0. The van der Waals surface area contributed by atoms with Crippen LogP contribution in [-0.2, 0) is 5.41 Å². The molecule has 0 unspecified atom stereocenters. The van der Waals surface area contributed by atoms with Crippen LogP contribution < -0.4 is 4.90 Å². The molecule has 2 aliphatic rings. The van der Waals surface area contributed by atoms with E-state index in [1.54, 1.807) is 18.2 Å². The van der Waals surface area contributed by atoms with Gasteiger partial charge in [-0.05, 0) is 86.4 Å². The zero-order valence-electron chi connectivity index (χ0n) is 19.8. The van der Waals surface area contributed by atoms with Crippen molar-refractivity contribution in [3.8, 4) is 0 Å². The lowest BCUT2D eigenvalue weighted by Gasteiger charge is -2.39. The maximum absolute atomic E-state index is 13.6. The number of aryl methyl sites for hydroxylation is 1. The molecule has 2 aromatic carbocycles. The van der Waals surface area contributed by atoms with Gasteiger partial charge in [-0.1, -0.05) is 64.6 Å². The maximum atomic E-state index is 13.6. The minimum Gasteiger partial charge on any atom is -0.307 e. The Hall–Kier alpha value is -2.08. The number of carbonyl (C=O) groups excluding carboxylic acids is 1. The Balaban J connectivity index is 1.32. The molecule has 3 heterocycles. The molecule has 0 radical (unpaired) electrons. The van der Waals surface area contributed by atoms with Crippen molar-refractivity contribution in [1.82, 2.24) is 9.88 Å². The first-order valence-corrected chi connectivity index (χ1v) is 13.4. The molecule has 186 valence electrons. The van der Waals surface area contributed by atoms with Crippen LogP contribution in [0.1, 0.15) is 40.0 Å². The second-order valence-corrected chi connectivity index (χ2v) is 11.2. The summed E-state index contributed by atoms with van der Waals surface area (Å²) in [6.45, 7) is 5.14. The Morgan fingerprint density at radius 1 is 1.00 bits per heavy atom. The van der Waals surface area contributed by atoms with Gasteiger partial charge < -0.3 is 4.90 Å². The third-order valence-corrected chi connectivity index (χ3v) is 8.12. The van der Waals surface area contributed by atoms with E-state index in [1.165, 1.54) is 0 Å². The molecule has 0 N–H and O–H groups in total. The number of likely N-dealkylation sites (tertiary alicyclic amines) is 1. The van der Waals surface area contributed by atoms with Crippen LogP contribution in [-0.4, -0.2) is 42.0 Å². The molecule has 1 spiro atoms. The summed E-state index contributed by atoms with van der Waals surface area (Å²) in [6.07, 6.45) is 6.05. The Morgan fingerprint density at radius 3 is 2.44 bits per heavy atom. The number of fused-ring (bicyclic) bond motifs is 2. The number of carbonyl (C=O) groups is 1. The number of nitrogens with zero attached hydrogens (tertiary/aromatic N) is 3. The molecule has 0 atom stereocenters.